The van der Waals surface area contributed by atoms with Gasteiger partial charge in [0.1, 0.15) is 11.6 Å². The van der Waals surface area contributed by atoms with Crippen molar-refractivity contribution in [1.82, 2.24) is 25.1 Å². The number of hydrogen-bond acceptors (Lipinski definition) is 6. The van der Waals surface area contributed by atoms with Crippen LogP contribution in [0.1, 0.15) is 67.8 Å². The fourth-order valence-corrected chi connectivity index (χ4v) is 4.87. The minimum atomic E-state index is -0.255. The summed E-state index contributed by atoms with van der Waals surface area (Å²) in [6, 6.07) is 10.6. The summed E-state index contributed by atoms with van der Waals surface area (Å²) in [5.41, 5.74) is 0.958. The molecule has 0 N–H and O–H groups in total. The zero-order valence-electron chi connectivity index (χ0n) is 17.6. The summed E-state index contributed by atoms with van der Waals surface area (Å²) < 4.78 is 27.4. The molecule has 1 aliphatic heterocycles. The van der Waals surface area contributed by atoms with Crippen molar-refractivity contribution in [2.75, 3.05) is 13.2 Å². The van der Waals surface area contributed by atoms with Crippen LogP contribution in [0.4, 0.5) is 4.39 Å². The van der Waals surface area contributed by atoms with E-state index in [0.29, 0.717) is 12.6 Å². The first-order valence-electron chi connectivity index (χ1n) is 11.2. The van der Waals surface area contributed by atoms with Gasteiger partial charge in [0, 0.05) is 13.2 Å². The minimum absolute atomic E-state index is 0.147. The Morgan fingerprint density at radius 3 is 2.65 bits per heavy atom. The van der Waals surface area contributed by atoms with Gasteiger partial charge >= 0.3 is 0 Å². The molecule has 3 aromatic rings. The van der Waals surface area contributed by atoms with Crippen molar-refractivity contribution < 1.29 is 13.5 Å². The maximum Gasteiger partial charge on any atom is 0.173 e. The smallest absolute Gasteiger partial charge is 0.173 e. The van der Waals surface area contributed by atoms with E-state index in [1.807, 2.05) is 28.9 Å². The van der Waals surface area contributed by atoms with Gasteiger partial charge in [-0.05, 0) is 65.9 Å². The fourth-order valence-electron chi connectivity index (χ4n) is 4.87. The van der Waals surface area contributed by atoms with Crippen LogP contribution in [-0.2, 0) is 11.3 Å². The Bertz CT molecular complexity index is 947. The lowest BCUT2D eigenvalue weighted by Gasteiger charge is -2.33. The van der Waals surface area contributed by atoms with Gasteiger partial charge in [0.15, 0.2) is 5.82 Å². The van der Waals surface area contributed by atoms with Crippen molar-refractivity contribution in [3.8, 4) is 0 Å². The van der Waals surface area contributed by atoms with E-state index >= 15 is 0 Å². The molecule has 0 bridgehead atoms. The molecule has 0 unspecified atom stereocenters. The maximum atomic E-state index is 13.8. The van der Waals surface area contributed by atoms with Crippen LogP contribution in [-0.4, -0.2) is 44.4 Å². The molecule has 0 radical (unpaired) electrons. The fraction of sp³-hybridized carbons (Fsp3) is 0.522. The second-order valence-corrected chi connectivity index (χ2v) is 8.52. The van der Waals surface area contributed by atoms with Crippen molar-refractivity contribution in [3.63, 3.8) is 0 Å². The zero-order valence-corrected chi connectivity index (χ0v) is 17.6. The van der Waals surface area contributed by atoms with Gasteiger partial charge in [0.2, 0.25) is 0 Å². The SMILES string of the molecule is Fc1ccc([C@H](c2nnnn2C2CCCC2)N(Cc2ccco2)C[C@H]2CCCO2)cc1. The molecule has 1 saturated carbocycles. The van der Waals surface area contributed by atoms with Gasteiger partial charge < -0.3 is 9.15 Å². The molecule has 31 heavy (non-hydrogen) atoms. The number of nitrogens with zero attached hydrogens (tertiary/aromatic N) is 5. The van der Waals surface area contributed by atoms with E-state index < -0.39 is 0 Å². The molecule has 0 amide bonds. The molecule has 7 nitrogen and oxygen atoms in total. The number of rotatable bonds is 8. The quantitative estimate of drug-likeness (QED) is 0.536. The Labute approximate surface area is 181 Å². The number of benzene rings is 1. The van der Waals surface area contributed by atoms with Crippen LogP contribution in [0.15, 0.2) is 47.1 Å². The zero-order chi connectivity index (χ0) is 21.0. The number of hydrogen-bond donors (Lipinski definition) is 0. The Kier molecular flexibility index (Phi) is 6.08. The highest BCUT2D eigenvalue weighted by Crippen LogP contribution is 2.35. The molecule has 3 heterocycles. The molecule has 1 aromatic carbocycles. The van der Waals surface area contributed by atoms with Gasteiger partial charge in [-0.25, -0.2) is 9.07 Å². The highest BCUT2D eigenvalue weighted by Gasteiger charge is 2.33. The average molecular weight is 426 g/mol. The van der Waals surface area contributed by atoms with Gasteiger partial charge in [0.05, 0.1) is 31.0 Å². The van der Waals surface area contributed by atoms with Crippen LogP contribution in [0.5, 0.6) is 0 Å². The number of halogens is 1. The first-order valence-corrected chi connectivity index (χ1v) is 11.2. The first-order chi connectivity index (χ1) is 15.3. The molecule has 2 atom stereocenters. The summed E-state index contributed by atoms with van der Waals surface area (Å²) in [6.07, 6.45) is 8.48. The summed E-state index contributed by atoms with van der Waals surface area (Å²) in [5.74, 6) is 1.41. The normalized spacial score (nSPS) is 20.6. The third-order valence-corrected chi connectivity index (χ3v) is 6.39. The van der Waals surface area contributed by atoms with E-state index in [1.165, 1.54) is 25.0 Å². The second kappa shape index (κ2) is 9.28. The van der Waals surface area contributed by atoms with Crippen LogP contribution < -0.4 is 0 Å². The maximum absolute atomic E-state index is 13.8. The van der Waals surface area contributed by atoms with E-state index in [-0.39, 0.29) is 18.0 Å². The minimum Gasteiger partial charge on any atom is -0.468 e. The molecule has 164 valence electrons. The summed E-state index contributed by atoms with van der Waals surface area (Å²) in [7, 11) is 0. The predicted molar refractivity (Wildman–Crippen MR) is 112 cm³/mol. The van der Waals surface area contributed by atoms with Crippen molar-refractivity contribution in [2.24, 2.45) is 0 Å². The molecule has 0 spiro atoms. The molecule has 2 aromatic heterocycles. The van der Waals surface area contributed by atoms with E-state index in [0.717, 1.165) is 56.0 Å². The molecule has 8 heteroatoms. The predicted octanol–water partition coefficient (Wildman–Crippen LogP) is 4.29. The van der Waals surface area contributed by atoms with Crippen LogP contribution in [0, 0.1) is 5.82 Å². The number of furan rings is 1. The monoisotopic (exact) mass is 425 g/mol. The van der Waals surface area contributed by atoms with Crippen molar-refractivity contribution >= 4 is 0 Å². The summed E-state index contributed by atoms with van der Waals surface area (Å²) >= 11 is 0. The summed E-state index contributed by atoms with van der Waals surface area (Å²) in [5, 5.41) is 12.9. The van der Waals surface area contributed by atoms with Gasteiger partial charge in [-0.15, -0.1) is 5.10 Å². The Morgan fingerprint density at radius 1 is 1.10 bits per heavy atom. The third kappa shape index (κ3) is 4.55. The van der Waals surface area contributed by atoms with E-state index in [2.05, 4.69) is 20.4 Å². The lowest BCUT2D eigenvalue weighted by atomic mass is 10.0. The van der Waals surface area contributed by atoms with E-state index in [4.69, 9.17) is 9.15 Å². The lowest BCUT2D eigenvalue weighted by molar-refractivity contribution is 0.0543. The number of ether oxygens (including phenoxy) is 1. The van der Waals surface area contributed by atoms with Crippen molar-refractivity contribution in [3.05, 3.63) is 65.6 Å². The van der Waals surface area contributed by atoms with Crippen LogP contribution >= 0.6 is 0 Å². The van der Waals surface area contributed by atoms with Gasteiger partial charge in [-0.2, -0.15) is 0 Å². The molecule has 5 rings (SSSR count). The summed E-state index contributed by atoms with van der Waals surface area (Å²) in [4.78, 5) is 2.30. The van der Waals surface area contributed by atoms with Crippen molar-refractivity contribution in [1.29, 1.82) is 0 Å². The summed E-state index contributed by atoms with van der Waals surface area (Å²) in [6.45, 7) is 2.10. The molecule has 2 fully saturated rings. The largest absolute Gasteiger partial charge is 0.468 e. The van der Waals surface area contributed by atoms with Gasteiger partial charge in [-0.3, -0.25) is 4.90 Å². The van der Waals surface area contributed by atoms with E-state index in [9.17, 15) is 4.39 Å². The number of aromatic nitrogens is 4. The van der Waals surface area contributed by atoms with Gasteiger partial charge in [-0.1, -0.05) is 25.0 Å². The number of tetrazole rings is 1. The Balaban J connectivity index is 1.55. The van der Waals surface area contributed by atoms with Crippen LogP contribution in [0.25, 0.3) is 0 Å². The Hall–Kier alpha value is -2.58. The molecule has 1 aliphatic carbocycles. The van der Waals surface area contributed by atoms with Crippen LogP contribution in [0.3, 0.4) is 0 Å². The van der Waals surface area contributed by atoms with E-state index in [1.54, 1.807) is 6.26 Å². The topological polar surface area (TPSA) is 69.2 Å². The van der Waals surface area contributed by atoms with Crippen molar-refractivity contribution in [2.45, 2.75) is 63.3 Å². The highest BCUT2D eigenvalue weighted by molar-refractivity contribution is 5.26. The first kappa shape index (κ1) is 20.3. The van der Waals surface area contributed by atoms with Crippen LogP contribution in [0.2, 0.25) is 0 Å². The average Bonchev–Trinajstić information content (AvgIpc) is 3.57. The lowest BCUT2D eigenvalue weighted by Crippen LogP contribution is -2.37. The molecular weight excluding hydrogens is 397 g/mol. The van der Waals surface area contributed by atoms with Gasteiger partial charge in [0.25, 0.3) is 0 Å². The second-order valence-electron chi connectivity index (χ2n) is 8.52. The third-order valence-electron chi connectivity index (χ3n) is 6.39. The molecule has 1 saturated heterocycles. The molecule has 2 aliphatic rings. The standard InChI is InChI=1S/C23H28FN5O2/c24-18-11-9-17(10-12-18)22(23-25-26-27-29(23)19-5-1-2-6-19)28(15-20-7-3-13-30-20)16-21-8-4-14-31-21/h3,7,9-13,19,21-22H,1-2,4-6,8,14-16H2/t21-,22-/m1/s1. The molecular formula is C23H28FN5O2. The highest BCUT2D eigenvalue weighted by atomic mass is 19.1. The Morgan fingerprint density at radius 2 is 1.94 bits per heavy atom.